The first-order chi connectivity index (χ1) is 11.1. The van der Waals surface area contributed by atoms with E-state index in [1.165, 1.54) is 0 Å². The third kappa shape index (κ3) is 3.50. The van der Waals surface area contributed by atoms with Crippen LogP contribution in [0.1, 0.15) is 29.0 Å². The molecule has 1 aliphatic rings. The van der Waals surface area contributed by atoms with Crippen molar-refractivity contribution in [2.24, 2.45) is 0 Å². The van der Waals surface area contributed by atoms with E-state index in [0.29, 0.717) is 5.69 Å². The van der Waals surface area contributed by atoms with Crippen molar-refractivity contribution in [1.29, 1.82) is 0 Å². The van der Waals surface area contributed by atoms with E-state index in [9.17, 15) is 4.79 Å². The third-order valence-electron chi connectivity index (χ3n) is 4.35. The van der Waals surface area contributed by atoms with Gasteiger partial charge in [-0.3, -0.25) is 4.79 Å². The average molecular weight is 310 g/mol. The van der Waals surface area contributed by atoms with Crippen molar-refractivity contribution in [2.45, 2.75) is 25.8 Å². The Hall–Kier alpha value is -2.43. The Morgan fingerprint density at radius 1 is 1.26 bits per heavy atom. The molecule has 2 aromatic heterocycles. The molecule has 0 aliphatic carbocycles. The zero-order valence-corrected chi connectivity index (χ0v) is 13.6. The summed E-state index contributed by atoms with van der Waals surface area (Å²) >= 11 is 0. The number of pyridine rings is 2. The van der Waals surface area contributed by atoms with Gasteiger partial charge in [0.25, 0.3) is 5.91 Å². The normalized spacial score (nSPS) is 17.8. The summed E-state index contributed by atoms with van der Waals surface area (Å²) in [6.07, 6.45) is 3.88. The summed E-state index contributed by atoms with van der Waals surface area (Å²) in [5.41, 5.74) is 1.38. The first-order valence-electron chi connectivity index (χ1n) is 8.02. The molecule has 1 aliphatic heterocycles. The second kappa shape index (κ2) is 6.77. The van der Waals surface area contributed by atoms with Crippen LogP contribution in [0.25, 0.3) is 0 Å². The zero-order chi connectivity index (χ0) is 16.2. The average Bonchev–Trinajstić information content (AvgIpc) is 2.61. The van der Waals surface area contributed by atoms with Gasteiger partial charge in [0.2, 0.25) is 0 Å². The fraction of sp³-hybridized carbons (Fsp3) is 0.389. The molecular formula is C18H22N4O. The molecule has 0 bridgehead atoms. The van der Waals surface area contributed by atoms with E-state index in [-0.39, 0.29) is 11.9 Å². The summed E-state index contributed by atoms with van der Waals surface area (Å²) in [5.74, 6) is 0.966. The minimum atomic E-state index is -0.0124. The maximum atomic E-state index is 12.7. The van der Waals surface area contributed by atoms with Crippen molar-refractivity contribution in [2.75, 3.05) is 25.0 Å². The Kier molecular flexibility index (Phi) is 4.55. The molecule has 2 aromatic rings. The quantitative estimate of drug-likeness (QED) is 0.874. The minimum absolute atomic E-state index is 0.0124. The highest BCUT2D eigenvalue weighted by atomic mass is 16.2. The number of rotatable bonds is 3. The van der Waals surface area contributed by atoms with Gasteiger partial charge in [0, 0.05) is 38.1 Å². The molecule has 23 heavy (non-hydrogen) atoms. The lowest BCUT2D eigenvalue weighted by atomic mass is 10.0. The van der Waals surface area contributed by atoms with Crippen molar-refractivity contribution in [3.05, 3.63) is 54.0 Å². The predicted octanol–water partition coefficient (Wildman–Crippen LogP) is 2.53. The number of hydrogen-bond donors (Lipinski definition) is 0. The molecule has 0 aromatic carbocycles. The zero-order valence-electron chi connectivity index (χ0n) is 13.6. The number of amides is 1. The number of carbonyl (C=O) groups is 1. The van der Waals surface area contributed by atoms with E-state index >= 15 is 0 Å². The molecule has 3 rings (SSSR count). The van der Waals surface area contributed by atoms with Crippen LogP contribution in [0.15, 0.2) is 42.6 Å². The Labute approximate surface area is 137 Å². The highest BCUT2D eigenvalue weighted by Gasteiger charge is 2.27. The molecule has 5 nitrogen and oxygen atoms in total. The van der Waals surface area contributed by atoms with Gasteiger partial charge in [-0.2, -0.15) is 0 Å². The van der Waals surface area contributed by atoms with Crippen molar-refractivity contribution in [3.8, 4) is 0 Å². The molecule has 0 radical (unpaired) electrons. The van der Waals surface area contributed by atoms with Crippen LogP contribution in [0.3, 0.4) is 0 Å². The first-order valence-corrected chi connectivity index (χ1v) is 8.02. The Bertz CT molecular complexity index is 674. The Morgan fingerprint density at radius 3 is 2.87 bits per heavy atom. The lowest BCUT2D eigenvalue weighted by Gasteiger charge is -2.38. The van der Waals surface area contributed by atoms with Gasteiger partial charge < -0.3 is 9.80 Å². The maximum absolute atomic E-state index is 12.7. The summed E-state index contributed by atoms with van der Waals surface area (Å²) in [6.45, 7) is 3.70. The van der Waals surface area contributed by atoms with Gasteiger partial charge in [0.1, 0.15) is 11.5 Å². The summed E-state index contributed by atoms with van der Waals surface area (Å²) in [6, 6.07) is 11.7. The predicted molar refractivity (Wildman–Crippen MR) is 90.5 cm³/mol. The summed E-state index contributed by atoms with van der Waals surface area (Å²) in [5, 5.41) is 0. The second-order valence-corrected chi connectivity index (χ2v) is 6.01. The van der Waals surface area contributed by atoms with Crippen molar-refractivity contribution >= 4 is 11.7 Å². The van der Waals surface area contributed by atoms with Crippen LogP contribution in [0.2, 0.25) is 0 Å². The van der Waals surface area contributed by atoms with Gasteiger partial charge >= 0.3 is 0 Å². The van der Waals surface area contributed by atoms with Crippen molar-refractivity contribution in [3.63, 3.8) is 0 Å². The van der Waals surface area contributed by atoms with Crippen LogP contribution in [-0.2, 0) is 0 Å². The molecule has 0 spiro atoms. The Morgan fingerprint density at radius 2 is 2.13 bits per heavy atom. The molecule has 0 unspecified atom stereocenters. The summed E-state index contributed by atoms with van der Waals surface area (Å²) < 4.78 is 0. The molecule has 0 saturated carbocycles. The van der Waals surface area contributed by atoms with E-state index in [4.69, 9.17) is 0 Å². The lowest BCUT2D eigenvalue weighted by molar-refractivity contribution is 0.0711. The van der Waals surface area contributed by atoms with Gasteiger partial charge in [0.15, 0.2) is 0 Å². The molecule has 1 atom stereocenters. The fourth-order valence-corrected chi connectivity index (χ4v) is 3.03. The minimum Gasteiger partial charge on any atom is -0.355 e. The van der Waals surface area contributed by atoms with Crippen molar-refractivity contribution in [1.82, 2.24) is 14.9 Å². The third-order valence-corrected chi connectivity index (χ3v) is 4.35. The summed E-state index contributed by atoms with van der Waals surface area (Å²) in [7, 11) is 1.87. The van der Waals surface area contributed by atoms with Crippen LogP contribution in [-0.4, -0.2) is 47.0 Å². The van der Waals surface area contributed by atoms with E-state index in [0.717, 1.165) is 37.4 Å². The number of hydrogen-bond acceptors (Lipinski definition) is 4. The van der Waals surface area contributed by atoms with Crippen LogP contribution in [0.5, 0.6) is 0 Å². The lowest BCUT2D eigenvalue weighted by Crippen LogP contribution is -2.49. The van der Waals surface area contributed by atoms with Gasteiger partial charge in [-0.05, 0) is 44.0 Å². The van der Waals surface area contributed by atoms with Gasteiger partial charge in [-0.1, -0.05) is 12.1 Å². The van der Waals surface area contributed by atoms with Gasteiger partial charge in [-0.15, -0.1) is 0 Å². The number of piperidine rings is 1. The van der Waals surface area contributed by atoms with Gasteiger partial charge in [-0.25, -0.2) is 9.97 Å². The number of carbonyl (C=O) groups excluding carboxylic acids is 1. The number of aromatic nitrogens is 2. The maximum Gasteiger partial charge on any atom is 0.272 e. The largest absolute Gasteiger partial charge is 0.355 e. The molecule has 1 fully saturated rings. The topological polar surface area (TPSA) is 49.3 Å². The first kappa shape index (κ1) is 15.5. The van der Waals surface area contributed by atoms with E-state index in [1.54, 1.807) is 6.07 Å². The van der Waals surface area contributed by atoms with Crippen LogP contribution in [0, 0.1) is 6.92 Å². The molecule has 3 heterocycles. The number of nitrogens with zero attached hydrogens (tertiary/aromatic N) is 4. The van der Waals surface area contributed by atoms with Crippen LogP contribution < -0.4 is 4.90 Å². The van der Waals surface area contributed by atoms with Crippen LogP contribution in [0.4, 0.5) is 5.82 Å². The monoisotopic (exact) mass is 310 g/mol. The molecule has 120 valence electrons. The van der Waals surface area contributed by atoms with Crippen molar-refractivity contribution < 1.29 is 4.79 Å². The van der Waals surface area contributed by atoms with Gasteiger partial charge in [0.05, 0.1) is 0 Å². The van der Waals surface area contributed by atoms with E-state index in [2.05, 4.69) is 14.9 Å². The number of likely N-dealkylation sites (N-methyl/N-ethyl adjacent to an activating group) is 1. The number of aryl methyl sites for hydroxylation is 1. The molecular weight excluding hydrogens is 288 g/mol. The highest BCUT2D eigenvalue weighted by Crippen LogP contribution is 2.21. The fourth-order valence-electron chi connectivity index (χ4n) is 3.03. The SMILES string of the molecule is Cc1cccc(C(=O)N(C)[C@H]2CCCN(c3ccccn3)C2)n1. The highest BCUT2D eigenvalue weighted by molar-refractivity contribution is 5.92. The summed E-state index contributed by atoms with van der Waals surface area (Å²) in [4.78, 5) is 25.5. The molecule has 0 N–H and O–H groups in total. The molecule has 1 amide bonds. The second-order valence-electron chi connectivity index (χ2n) is 6.01. The molecule has 1 saturated heterocycles. The molecule has 5 heteroatoms. The Balaban J connectivity index is 1.72. The van der Waals surface area contributed by atoms with E-state index in [1.807, 2.05) is 55.4 Å². The number of anilines is 1. The van der Waals surface area contributed by atoms with Crippen LogP contribution >= 0.6 is 0 Å². The smallest absolute Gasteiger partial charge is 0.272 e. The standard InChI is InChI=1S/C18H22N4O/c1-14-7-5-9-16(20-14)18(23)21(2)15-8-6-12-22(13-15)17-10-3-4-11-19-17/h3-5,7,9-11,15H,6,8,12-13H2,1-2H3/t15-/m0/s1. The van der Waals surface area contributed by atoms with E-state index < -0.39 is 0 Å².